The lowest BCUT2D eigenvalue weighted by Gasteiger charge is -2.29. The Labute approximate surface area is 168 Å². The van der Waals surface area contributed by atoms with E-state index in [2.05, 4.69) is 62.9 Å². The average molecular weight is 384 g/mol. The van der Waals surface area contributed by atoms with Crippen molar-refractivity contribution < 1.29 is 4.52 Å². The summed E-state index contributed by atoms with van der Waals surface area (Å²) in [4.78, 5) is 6.99. The minimum Gasteiger partial charge on any atom is -0.361 e. The van der Waals surface area contributed by atoms with E-state index in [-0.39, 0.29) is 0 Å². The maximum absolute atomic E-state index is 5.31. The van der Waals surface area contributed by atoms with Crippen LogP contribution in [0, 0.1) is 13.8 Å². The lowest BCUT2D eigenvalue weighted by Crippen LogP contribution is -2.43. The van der Waals surface area contributed by atoms with Crippen molar-refractivity contribution in [3.05, 3.63) is 52.9 Å². The van der Waals surface area contributed by atoms with Gasteiger partial charge in [0.1, 0.15) is 5.76 Å². The lowest BCUT2D eigenvalue weighted by molar-refractivity contribution is 0.245. The first-order valence-electron chi connectivity index (χ1n) is 10.3. The second kappa shape index (κ2) is 9.73. The quantitative estimate of drug-likeness (QED) is 0.567. The predicted octanol–water partition coefficient (Wildman–Crippen LogP) is 3.40. The zero-order chi connectivity index (χ0) is 19.9. The lowest BCUT2D eigenvalue weighted by atomic mass is 10.00. The summed E-state index contributed by atoms with van der Waals surface area (Å²) in [6.07, 6.45) is 2.57. The minimum atomic E-state index is 0.299. The fourth-order valence-corrected chi connectivity index (χ4v) is 4.15. The van der Waals surface area contributed by atoms with Gasteiger partial charge in [0.2, 0.25) is 0 Å². The van der Waals surface area contributed by atoms with Crippen LogP contribution in [0.3, 0.4) is 0 Å². The van der Waals surface area contributed by atoms with Crippen LogP contribution in [-0.4, -0.2) is 49.2 Å². The van der Waals surface area contributed by atoms with Crippen LogP contribution >= 0.6 is 0 Å². The smallest absolute Gasteiger partial charge is 0.191 e. The number of guanidine groups is 1. The Morgan fingerprint density at radius 2 is 1.82 bits per heavy atom. The molecule has 3 rings (SSSR count). The Hall–Kier alpha value is -2.34. The SMILES string of the molecule is CN=C(NCC(C)c1c(C)noc1C)NCC(c1ccccc1)N1CCCC1. The van der Waals surface area contributed by atoms with E-state index in [0.29, 0.717) is 12.0 Å². The monoisotopic (exact) mass is 383 g/mol. The zero-order valence-electron chi connectivity index (χ0n) is 17.5. The highest BCUT2D eigenvalue weighted by atomic mass is 16.5. The Bertz CT molecular complexity index is 745. The molecule has 1 aromatic carbocycles. The van der Waals surface area contributed by atoms with Crippen molar-refractivity contribution in [2.75, 3.05) is 33.2 Å². The van der Waals surface area contributed by atoms with Gasteiger partial charge in [0.05, 0.1) is 11.7 Å². The van der Waals surface area contributed by atoms with Crippen LogP contribution in [0.5, 0.6) is 0 Å². The standard InChI is InChI=1S/C22H33N5O/c1-16(21-17(2)26-28-18(21)3)14-24-22(23-4)25-15-20(27-12-8-9-13-27)19-10-6-5-7-11-19/h5-7,10-11,16,20H,8-9,12-15H2,1-4H3,(H2,23,24,25). The molecule has 1 fully saturated rings. The molecule has 2 heterocycles. The highest BCUT2D eigenvalue weighted by Crippen LogP contribution is 2.24. The van der Waals surface area contributed by atoms with E-state index < -0.39 is 0 Å². The molecule has 0 radical (unpaired) electrons. The van der Waals surface area contributed by atoms with Gasteiger partial charge in [-0.3, -0.25) is 9.89 Å². The number of nitrogens with one attached hydrogen (secondary N) is 2. The first-order valence-corrected chi connectivity index (χ1v) is 10.3. The largest absolute Gasteiger partial charge is 0.361 e. The molecule has 2 N–H and O–H groups in total. The molecule has 2 unspecified atom stereocenters. The average Bonchev–Trinajstić information content (AvgIpc) is 3.35. The van der Waals surface area contributed by atoms with Crippen molar-refractivity contribution in [1.29, 1.82) is 0 Å². The third-order valence-corrected chi connectivity index (χ3v) is 5.61. The maximum atomic E-state index is 5.31. The van der Waals surface area contributed by atoms with Gasteiger partial charge in [-0.25, -0.2) is 0 Å². The number of aromatic nitrogens is 1. The summed E-state index contributed by atoms with van der Waals surface area (Å²) in [6.45, 7) is 10.1. The second-order valence-electron chi connectivity index (χ2n) is 7.64. The second-order valence-corrected chi connectivity index (χ2v) is 7.64. The molecule has 0 bridgehead atoms. The molecular weight excluding hydrogens is 350 g/mol. The third-order valence-electron chi connectivity index (χ3n) is 5.61. The van der Waals surface area contributed by atoms with Crippen molar-refractivity contribution in [1.82, 2.24) is 20.7 Å². The number of hydrogen-bond donors (Lipinski definition) is 2. The molecule has 0 amide bonds. The van der Waals surface area contributed by atoms with Gasteiger partial charge < -0.3 is 15.2 Å². The summed E-state index contributed by atoms with van der Waals surface area (Å²) in [7, 11) is 1.82. The number of aliphatic imine (C=N–C) groups is 1. The molecule has 1 aliphatic rings. The van der Waals surface area contributed by atoms with E-state index in [4.69, 9.17) is 4.52 Å². The first kappa shape index (κ1) is 20.4. The number of hydrogen-bond acceptors (Lipinski definition) is 4. The van der Waals surface area contributed by atoms with Gasteiger partial charge >= 0.3 is 0 Å². The molecule has 6 nitrogen and oxygen atoms in total. The van der Waals surface area contributed by atoms with Crippen LogP contribution in [0.25, 0.3) is 0 Å². The Balaban J connectivity index is 1.58. The highest BCUT2D eigenvalue weighted by molar-refractivity contribution is 5.79. The topological polar surface area (TPSA) is 65.7 Å². The molecule has 1 aliphatic heterocycles. The van der Waals surface area contributed by atoms with Gasteiger partial charge in [0.25, 0.3) is 0 Å². The molecule has 28 heavy (non-hydrogen) atoms. The number of nitrogens with zero attached hydrogens (tertiary/aromatic N) is 3. The van der Waals surface area contributed by atoms with E-state index >= 15 is 0 Å². The molecule has 0 saturated carbocycles. The fraction of sp³-hybridized carbons (Fsp3) is 0.545. The first-order chi connectivity index (χ1) is 13.6. The van der Waals surface area contributed by atoms with Crippen molar-refractivity contribution >= 4 is 5.96 Å². The molecule has 152 valence electrons. The summed E-state index contributed by atoms with van der Waals surface area (Å²) < 4.78 is 5.31. The van der Waals surface area contributed by atoms with Crippen molar-refractivity contribution in [2.24, 2.45) is 4.99 Å². The molecular formula is C22H33N5O. The molecule has 1 aromatic heterocycles. The Kier molecular flexibility index (Phi) is 7.09. The highest BCUT2D eigenvalue weighted by Gasteiger charge is 2.23. The maximum Gasteiger partial charge on any atom is 0.191 e. The summed E-state index contributed by atoms with van der Waals surface area (Å²) in [6, 6.07) is 11.1. The van der Waals surface area contributed by atoms with Gasteiger partial charge in [-0.2, -0.15) is 0 Å². The summed E-state index contributed by atoms with van der Waals surface area (Å²) in [5.41, 5.74) is 3.51. The number of rotatable bonds is 7. The van der Waals surface area contributed by atoms with Crippen LogP contribution in [-0.2, 0) is 0 Å². The van der Waals surface area contributed by atoms with Crippen LogP contribution in [0.1, 0.15) is 54.3 Å². The number of likely N-dealkylation sites (tertiary alicyclic amines) is 1. The summed E-state index contributed by atoms with van der Waals surface area (Å²) >= 11 is 0. The Morgan fingerprint density at radius 3 is 2.43 bits per heavy atom. The predicted molar refractivity (Wildman–Crippen MR) is 114 cm³/mol. The molecule has 2 aromatic rings. The molecule has 1 saturated heterocycles. The molecule has 0 spiro atoms. The minimum absolute atomic E-state index is 0.299. The van der Waals surface area contributed by atoms with Crippen LogP contribution in [0.2, 0.25) is 0 Å². The van der Waals surface area contributed by atoms with Crippen LogP contribution in [0.4, 0.5) is 0 Å². The van der Waals surface area contributed by atoms with E-state index in [0.717, 1.165) is 43.6 Å². The third kappa shape index (κ3) is 4.93. The van der Waals surface area contributed by atoms with E-state index in [1.54, 1.807) is 0 Å². The van der Waals surface area contributed by atoms with Crippen LogP contribution in [0.15, 0.2) is 39.8 Å². The summed E-state index contributed by atoms with van der Waals surface area (Å²) in [5.74, 6) is 2.03. The van der Waals surface area contributed by atoms with Gasteiger partial charge in [-0.05, 0) is 45.3 Å². The number of aryl methyl sites for hydroxylation is 2. The zero-order valence-corrected chi connectivity index (χ0v) is 17.5. The fourth-order valence-electron chi connectivity index (χ4n) is 4.15. The molecule has 0 aliphatic carbocycles. The molecule has 2 atom stereocenters. The van der Waals surface area contributed by atoms with Crippen LogP contribution < -0.4 is 10.6 Å². The van der Waals surface area contributed by atoms with E-state index in [1.165, 1.54) is 24.0 Å². The Morgan fingerprint density at radius 1 is 1.14 bits per heavy atom. The van der Waals surface area contributed by atoms with E-state index in [9.17, 15) is 0 Å². The van der Waals surface area contributed by atoms with Crippen molar-refractivity contribution in [3.8, 4) is 0 Å². The van der Waals surface area contributed by atoms with Gasteiger partial charge in [0, 0.05) is 31.6 Å². The van der Waals surface area contributed by atoms with E-state index in [1.807, 2.05) is 20.9 Å². The van der Waals surface area contributed by atoms with Crippen molar-refractivity contribution in [2.45, 2.75) is 45.6 Å². The summed E-state index contributed by atoms with van der Waals surface area (Å²) in [5, 5.41) is 11.1. The normalized spacial score (nSPS) is 17.5. The van der Waals surface area contributed by atoms with Gasteiger partial charge in [0.15, 0.2) is 5.96 Å². The van der Waals surface area contributed by atoms with Gasteiger partial charge in [-0.15, -0.1) is 0 Å². The number of benzene rings is 1. The molecule has 6 heteroatoms. The van der Waals surface area contributed by atoms with Gasteiger partial charge in [-0.1, -0.05) is 42.4 Å². The van der Waals surface area contributed by atoms with Crippen molar-refractivity contribution in [3.63, 3.8) is 0 Å².